The van der Waals surface area contributed by atoms with Gasteiger partial charge in [0.1, 0.15) is 0 Å². The van der Waals surface area contributed by atoms with Gasteiger partial charge in [0.05, 0.1) is 6.54 Å². The molecule has 0 saturated heterocycles. The number of hydrogen-bond donors (Lipinski definition) is 2. The summed E-state index contributed by atoms with van der Waals surface area (Å²) in [6, 6.07) is 1.92. The Morgan fingerprint density at radius 3 is 2.87 bits per heavy atom. The fraction of sp³-hybridized carbons (Fsp3) is 0.727. The van der Waals surface area contributed by atoms with Gasteiger partial charge in [-0.25, -0.2) is 0 Å². The summed E-state index contributed by atoms with van der Waals surface area (Å²) in [5.74, 6) is 0. The first-order chi connectivity index (χ1) is 7.20. The van der Waals surface area contributed by atoms with Crippen LogP contribution in [0.4, 0.5) is 0 Å². The lowest BCUT2D eigenvalue weighted by molar-refractivity contribution is 0.214. The standard InChI is InChI=1S/C11H21N3O/c1-3-11(2,5-10-15)12-7-9-14-8-4-6-13-14/h4,6,8,12,15H,3,5,7,9-10H2,1-2H3. The Balaban J connectivity index is 2.28. The summed E-state index contributed by atoms with van der Waals surface area (Å²) in [6.07, 6.45) is 5.55. The first-order valence-corrected chi connectivity index (χ1v) is 5.53. The Morgan fingerprint density at radius 2 is 2.33 bits per heavy atom. The number of aliphatic hydroxyl groups excluding tert-OH is 1. The van der Waals surface area contributed by atoms with Gasteiger partial charge in [0.25, 0.3) is 0 Å². The molecule has 15 heavy (non-hydrogen) atoms. The van der Waals surface area contributed by atoms with E-state index in [1.54, 1.807) is 6.20 Å². The van der Waals surface area contributed by atoms with E-state index in [0.717, 1.165) is 25.9 Å². The smallest absolute Gasteiger partial charge is 0.0534 e. The number of aliphatic hydroxyl groups is 1. The summed E-state index contributed by atoms with van der Waals surface area (Å²) in [5.41, 5.74) is 0.0436. The van der Waals surface area contributed by atoms with Crippen LogP contribution in [0, 0.1) is 0 Å². The second-order valence-corrected chi connectivity index (χ2v) is 4.08. The van der Waals surface area contributed by atoms with E-state index >= 15 is 0 Å². The lowest BCUT2D eigenvalue weighted by Gasteiger charge is -2.29. The number of nitrogens with one attached hydrogen (secondary N) is 1. The van der Waals surface area contributed by atoms with Crippen molar-refractivity contribution in [1.29, 1.82) is 0 Å². The molecule has 0 spiro atoms. The Bertz CT molecular complexity index is 261. The van der Waals surface area contributed by atoms with E-state index in [4.69, 9.17) is 5.11 Å². The summed E-state index contributed by atoms with van der Waals surface area (Å²) >= 11 is 0. The fourth-order valence-corrected chi connectivity index (χ4v) is 1.54. The van der Waals surface area contributed by atoms with Crippen LogP contribution >= 0.6 is 0 Å². The fourth-order valence-electron chi connectivity index (χ4n) is 1.54. The van der Waals surface area contributed by atoms with Gasteiger partial charge in [-0.3, -0.25) is 4.68 Å². The predicted molar refractivity (Wildman–Crippen MR) is 60.6 cm³/mol. The van der Waals surface area contributed by atoms with E-state index in [0.29, 0.717) is 0 Å². The molecule has 1 unspecified atom stereocenters. The molecule has 4 heteroatoms. The molecule has 0 bridgehead atoms. The van der Waals surface area contributed by atoms with Crippen molar-refractivity contribution in [2.75, 3.05) is 13.2 Å². The molecule has 1 aromatic rings. The van der Waals surface area contributed by atoms with Crippen LogP contribution in [-0.4, -0.2) is 33.6 Å². The largest absolute Gasteiger partial charge is 0.396 e. The summed E-state index contributed by atoms with van der Waals surface area (Å²) in [6.45, 7) is 6.27. The zero-order valence-electron chi connectivity index (χ0n) is 9.61. The minimum Gasteiger partial charge on any atom is -0.396 e. The number of aromatic nitrogens is 2. The van der Waals surface area contributed by atoms with Crippen molar-refractivity contribution in [2.24, 2.45) is 0 Å². The molecular weight excluding hydrogens is 190 g/mol. The van der Waals surface area contributed by atoms with E-state index in [1.165, 1.54) is 0 Å². The van der Waals surface area contributed by atoms with E-state index < -0.39 is 0 Å². The van der Waals surface area contributed by atoms with Gasteiger partial charge in [-0.2, -0.15) is 5.10 Å². The Morgan fingerprint density at radius 1 is 1.53 bits per heavy atom. The first kappa shape index (κ1) is 12.2. The quantitative estimate of drug-likeness (QED) is 0.708. The maximum absolute atomic E-state index is 8.96. The van der Waals surface area contributed by atoms with Gasteiger partial charge in [0.2, 0.25) is 0 Å². The Hall–Kier alpha value is -0.870. The number of rotatable bonds is 7. The average Bonchev–Trinajstić information content (AvgIpc) is 2.71. The van der Waals surface area contributed by atoms with Gasteiger partial charge in [0.15, 0.2) is 0 Å². The van der Waals surface area contributed by atoms with Crippen LogP contribution in [0.15, 0.2) is 18.5 Å². The number of hydrogen-bond acceptors (Lipinski definition) is 3. The molecule has 2 N–H and O–H groups in total. The molecule has 0 saturated carbocycles. The molecule has 0 amide bonds. The van der Waals surface area contributed by atoms with Gasteiger partial charge in [-0.05, 0) is 25.8 Å². The molecule has 1 atom stereocenters. The molecule has 0 fully saturated rings. The van der Waals surface area contributed by atoms with Crippen molar-refractivity contribution >= 4 is 0 Å². The van der Waals surface area contributed by atoms with Gasteiger partial charge in [-0.15, -0.1) is 0 Å². The van der Waals surface area contributed by atoms with E-state index in [-0.39, 0.29) is 12.1 Å². The zero-order valence-corrected chi connectivity index (χ0v) is 9.61. The molecule has 0 aliphatic heterocycles. The van der Waals surface area contributed by atoms with E-state index in [2.05, 4.69) is 24.3 Å². The summed E-state index contributed by atoms with van der Waals surface area (Å²) in [4.78, 5) is 0. The van der Waals surface area contributed by atoms with E-state index in [9.17, 15) is 0 Å². The SMILES string of the molecule is CCC(C)(CCO)NCCn1cccn1. The summed E-state index contributed by atoms with van der Waals surface area (Å²) < 4.78 is 1.90. The van der Waals surface area contributed by atoms with Crippen molar-refractivity contribution in [3.05, 3.63) is 18.5 Å². The second kappa shape index (κ2) is 5.88. The molecule has 0 aromatic carbocycles. The molecule has 4 nitrogen and oxygen atoms in total. The van der Waals surface area contributed by atoms with Crippen LogP contribution in [0.5, 0.6) is 0 Å². The minimum atomic E-state index is 0.0436. The Kier molecular flexibility index (Phi) is 4.78. The zero-order chi connectivity index (χ0) is 11.1. The topological polar surface area (TPSA) is 50.1 Å². The third kappa shape index (κ3) is 4.01. The van der Waals surface area contributed by atoms with Crippen LogP contribution in [0.25, 0.3) is 0 Å². The van der Waals surface area contributed by atoms with Crippen molar-refractivity contribution in [2.45, 2.75) is 38.8 Å². The lowest BCUT2D eigenvalue weighted by atomic mass is 9.95. The summed E-state index contributed by atoms with van der Waals surface area (Å²) in [7, 11) is 0. The third-order valence-electron chi connectivity index (χ3n) is 2.90. The first-order valence-electron chi connectivity index (χ1n) is 5.53. The minimum absolute atomic E-state index is 0.0436. The normalized spacial score (nSPS) is 15.1. The van der Waals surface area contributed by atoms with Crippen molar-refractivity contribution in [1.82, 2.24) is 15.1 Å². The maximum Gasteiger partial charge on any atom is 0.0534 e. The highest BCUT2D eigenvalue weighted by Gasteiger charge is 2.19. The van der Waals surface area contributed by atoms with Crippen LogP contribution in [-0.2, 0) is 6.54 Å². The van der Waals surface area contributed by atoms with Crippen molar-refractivity contribution < 1.29 is 5.11 Å². The van der Waals surface area contributed by atoms with Crippen LogP contribution in [0.3, 0.4) is 0 Å². The number of nitrogens with zero attached hydrogens (tertiary/aromatic N) is 2. The van der Waals surface area contributed by atoms with Gasteiger partial charge in [0, 0.05) is 31.1 Å². The molecule has 1 heterocycles. The Labute approximate surface area is 91.3 Å². The third-order valence-corrected chi connectivity index (χ3v) is 2.90. The highest BCUT2D eigenvalue weighted by molar-refractivity contribution is 4.82. The second-order valence-electron chi connectivity index (χ2n) is 4.08. The van der Waals surface area contributed by atoms with Crippen LogP contribution in [0.1, 0.15) is 26.7 Å². The van der Waals surface area contributed by atoms with Gasteiger partial charge >= 0.3 is 0 Å². The van der Waals surface area contributed by atoms with Crippen molar-refractivity contribution in [3.8, 4) is 0 Å². The molecule has 0 radical (unpaired) electrons. The lowest BCUT2D eigenvalue weighted by Crippen LogP contribution is -2.44. The van der Waals surface area contributed by atoms with Crippen LogP contribution in [0.2, 0.25) is 0 Å². The maximum atomic E-state index is 8.96. The average molecular weight is 211 g/mol. The molecule has 0 aliphatic carbocycles. The van der Waals surface area contributed by atoms with Crippen molar-refractivity contribution in [3.63, 3.8) is 0 Å². The van der Waals surface area contributed by atoms with Crippen LogP contribution < -0.4 is 5.32 Å². The molecule has 0 aliphatic rings. The monoisotopic (exact) mass is 211 g/mol. The highest BCUT2D eigenvalue weighted by atomic mass is 16.3. The highest BCUT2D eigenvalue weighted by Crippen LogP contribution is 2.12. The summed E-state index contributed by atoms with van der Waals surface area (Å²) in [5, 5.41) is 16.6. The molecule has 1 rings (SSSR count). The molecule has 1 aromatic heterocycles. The van der Waals surface area contributed by atoms with Gasteiger partial charge < -0.3 is 10.4 Å². The molecule has 86 valence electrons. The van der Waals surface area contributed by atoms with E-state index in [1.807, 2.05) is 16.9 Å². The van der Waals surface area contributed by atoms with Gasteiger partial charge in [-0.1, -0.05) is 6.92 Å². The predicted octanol–water partition coefficient (Wildman–Crippen LogP) is 1.02. The molecular formula is C11H21N3O.